The lowest BCUT2D eigenvalue weighted by atomic mass is 9.68. The molecule has 5 rings (SSSR count). The zero-order valence-electron chi connectivity index (χ0n) is 26.9. The minimum Gasteiger partial charge on any atom is -0.416 e. The lowest BCUT2D eigenvalue weighted by Gasteiger charge is -2.40. The van der Waals surface area contributed by atoms with Crippen molar-refractivity contribution in [1.29, 1.82) is 0 Å². The molecule has 1 unspecified atom stereocenters. The molecule has 42 heavy (non-hydrogen) atoms. The number of fused-ring (bicyclic) bond motifs is 3. The molecule has 0 saturated carbocycles. The maximum atomic E-state index is 6.29. The van der Waals surface area contributed by atoms with Gasteiger partial charge in [0.2, 0.25) is 17.5 Å². The van der Waals surface area contributed by atoms with Crippen molar-refractivity contribution in [2.24, 2.45) is 5.92 Å². The number of hydrogen-bond acceptors (Lipinski definition) is 3. The van der Waals surface area contributed by atoms with Gasteiger partial charge in [0.1, 0.15) is 0 Å². The summed E-state index contributed by atoms with van der Waals surface area (Å²) in [4.78, 5) is 0. The summed E-state index contributed by atoms with van der Waals surface area (Å²) >= 11 is 0. The molecule has 4 aromatic rings. The topological polar surface area (TPSA) is 42.8 Å². The van der Waals surface area contributed by atoms with E-state index in [4.69, 9.17) is 4.42 Å². The largest absolute Gasteiger partial charge is 0.416 e. The smallest absolute Gasteiger partial charge is 0.248 e. The van der Waals surface area contributed by atoms with Gasteiger partial charge in [-0.3, -0.25) is 0 Å². The average molecular weight is 565 g/mol. The highest BCUT2D eigenvalue weighted by Gasteiger charge is 2.50. The third-order valence-electron chi connectivity index (χ3n) is 9.91. The maximum Gasteiger partial charge on any atom is 0.248 e. The molecule has 1 atom stereocenters. The third-order valence-corrected chi connectivity index (χ3v) is 9.91. The number of pyridine rings is 1. The Hall–Kier alpha value is -3.27. The number of unbranched alkanes of at least 4 members (excludes halogenated alkanes) is 1. The molecule has 2 aromatic carbocycles. The summed E-state index contributed by atoms with van der Waals surface area (Å²) in [5.41, 5.74) is 7.53. The predicted molar refractivity (Wildman–Crippen MR) is 173 cm³/mol. The summed E-state index contributed by atoms with van der Waals surface area (Å²) in [6.45, 7) is 16.3. The van der Waals surface area contributed by atoms with Gasteiger partial charge in [-0.25, -0.2) is 0 Å². The van der Waals surface area contributed by atoms with Crippen LogP contribution in [-0.2, 0) is 11.0 Å². The monoisotopic (exact) mass is 564 g/mol. The van der Waals surface area contributed by atoms with Gasteiger partial charge in [0.05, 0.1) is 5.56 Å². The van der Waals surface area contributed by atoms with E-state index >= 15 is 0 Å². The summed E-state index contributed by atoms with van der Waals surface area (Å²) in [5, 5.41) is 8.96. The van der Waals surface area contributed by atoms with Crippen molar-refractivity contribution in [2.75, 3.05) is 0 Å². The van der Waals surface area contributed by atoms with Crippen molar-refractivity contribution >= 4 is 0 Å². The Kier molecular flexibility index (Phi) is 9.01. The zero-order chi connectivity index (χ0) is 29.9. The fourth-order valence-corrected chi connectivity index (χ4v) is 7.30. The third kappa shape index (κ3) is 5.70. The van der Waals surface area contributed by atoms with Gasteiger partial charge in [-0.2, -0.15) is 4.57 Å². The Bertz CT molecular complexity index is 1480. The Morgan fingerprint density at radius 3 is 2.24 bits per heavy atom. The van der Waals surface area contributed by atoms with Crippen LogP contribution in [0.25, 0.3) is 34.2 Å². The minimum absolute atomic E-state index is 0.0909. The molecule has 0 radical (unpaired) electrons. The molecule has 0 saturated heterocycles. The van der Waals surface area contributed by atoms with Crippen LogP contribution in [0.15, 0.2) is 71.3 Å². The van der Waals surface area contributed by atoms with Gasteiger partial charge in [-0.1, -0.05) is 92.3 Å². The van der Waals surface area contributed by atoms with Crippen molar-refractivity contribution in [2.45, 2.75) is 117 Å². The van der Waals surface area contributed by atoms with E-state index in [0.29, 0.717) is 17.7 Å². The number of aromatic nitrogens is 3. The van der Waals surface area contributed by atoms with Crippen molar-refractivity contribution in [1.82, 2.24) is 10.2 Å². The molecule has 0 amide bonds. The van der Waals surface area contributed by atoms with E-state index in [-0.39, 0.29) is 11.0 Å². The summed E-state index contributed by atoms with van der Waals surface area (Å²) in [6.07, 6.45) is 11.9. The second-order valence-corrected chi connectivity index (χ2v) is 13.4. The van der Waals surface area contributed by atoms with E-state index in [2.05, 4.69) is 130 Å². The van der Waals surface area contributed by atoms with Crippen LogP contribution in [0, 0.1) is 5.92 Å². The van der Waals surface area contributed by atoms with E-state index in [9.17, 15) is 0 Å². The van der Waals surface area contributed by atoms with Crippen LogP contribution in [0.4, 0.5) is 0 Å². The van der Waals surface area contributed by atoms with Gasteiger partial charge in [0.15, 0.2) is 11.7 Å². The molecule has 0 spiro atoms. The molecular weight excluding hydrogens is 514 g/mol. The Morgan fingerprint density at radius 1 is 0.881 bits per heavy atom. The fraction of sp³-hybridized carbons (Fsp3) is 0.500. The number of nitrogens with zero attached hydrogens (tertiary/aromatic N) is 3. The molecule has 1 aliphatic rings. The minimum atomic E-state index is 0.0909. The lowest BCUT2D eigenvalue weighted by Crippen LogP contribution is -2.62. The Labute approximate surface area is 253 Å². The van der Waals surface area contributed by atoms with Crippen molar-refractivity contribution in [3.8, 4) is 34.2 Å². The van der Waals surface area contributed by atoms with Gasteiger partial charge in [0, 0.05) is 42.0 Å². The number of benzene rings is 2. The van der Waals surface area contributed by atoms with Gasteiger partial charge in [-0.15, -0.1) is 10.2 Å². The van der Waals surface area contributed by atoms with Crippen molar-refractivity contribution < 1.29 is 8.98 Å². The first-order valence-corrected chi connectivity index (χ1v) is 16.3. The van der Waals surface area contributed by atoms with Crippen LogP contribution < -0.4 is 4.57 Å². The molecule has 3 heterocycles. The Morgan fingerprint density at radius 2 is 1.57 bits per heavy atom. The molecule has 4 nitrogen and oxygen atoms in total. The molecule has 0 bridgehead atoms. The molecule has 222 valence electrons. The fourth-order valence-electron chi connectivity index (χ4n) is 7.30. The van der Waals surface area contributed by atoms with Crippen LogP contribution >= 0.6 is 0 Å². The second kappa shape index (κ2) is 12.5. The van der Waals surface area contributed by atoms with Crippen LogP contribution in [0.2, 0.25) is 0 Å². The molecular formula is C38H50N3O+. The van der Waals surface area contributed by atoms with Gasteiger partial charge >= 0.3 is 0 Å². The van der Waals surface area contributed by atoms with Crippen LogP contribution in [0.3, 0.4) is 0 Å². The van der Waals surface area contributed by atoms with Gasteiger partial charge in [0.25, 0.3) is 0 Å². The molecule has 0 N–H and O–H groups in total. The van der Waals surface area contributed by atoms with E-state index in [1.807, 2.05) is 0 Å². The summed E-state index contributed by atoms with van der Waals surface area (Å²) in [6, 6.07) is 22.1. The molecule has 4 heteroatoms. The highest BCUT2D eigenvalue weighted by molar-refractivity contribution is 5.71. The maximum absolute atomic E-state index is 6.29. The van der Waals surface area contributed by atoms with Crippen LogP contribution in [0.5, 0.6) is 0 Å². The normalized spacial score (nSPS) is 16.0. The predicted octanol–water partition coefficient (Wildman–Crippen LogP) is 10.3. The van der Waals surface area contributed by atoms with E-state index in [0.717, 1.165) is 36.3 Å². The SMILES string of the molecule is CCCC1c2ccc(-c3nnc(-c4ccc(C(C)(C)CCCCC(C)C)cc4)o3)cc2-c2cccc[n+]2C1(CC)CC. The first-order valence-electron chi connectivity index (χ1n) is 16.3. The average Bonchev–Trinajstić information content (AvgIpc) is 3.50. The van der Waals surface area contributed by atoms with Crippen LogP contribution in [-0.4, -0.2) is 10.2 Å². The Balaban J connectivity index is 1.41. The molecule has 0 fully saturated rings. The molecule has 0 aliphatic carbocycles. The summed E-state index contributed by atoms with van der Waals surface area (Å²) in [7, 11) is 0. The lowest BCUT2D eigenvalue weighted by molar-refractivity contribution is -0.763. The molecule has 2 aromatic heterocycles. The van der Waals surface area contributed by atoms with Crippen molar-refractivity contribution in [3.63, 3.8) is 0 Å². The second-order valence-electron chi connectivity index (χ2n) is 13.4. The van der Waals surface area contributed by atoms with E-state index < -0.39 is 0 Å². The standard InChI is InChI=1S/C38H50N3O/c1-8-15-33-31-23-20-29(26-32(31)34-17-12-14-25-41(34)38(33,9-2)10-3)36-40-39-35(42-36)28-18-21-30(22-19-28)37(6,7)24-13-11-16-27(4)5/h12,14,17-23,25-27,33H,8-11,13,15-16,24H2,1-7H3/q+1. The highest BCUT2D eigenvalue weighted by atomic mass is 16.4. The van der Waals surface area contributed by atoms with Crippen LogP contribution in [0.1, 0.15) is 117 Å². The highest BCUT2D eigenvalue weighted by Crippen LogP contribution is 2.48. The number of rotatable bonds is 12. The summed E-state index contributed by atoms with van der Waals surface area (Å²) in [5.74, 6) is 2.39. The molecule has 1 aliphatic heterocycles. The van der Waals surface area contributed by atoms with Crippen molar-refractivity contribution in [3.05, 3.63) is 78.0 Å². The first kappa shape index (κ1) is 30.2. The quantitative estimate of drug-likeness (QED) is 0.127. The number of hydrogen-bond donors (Lipinski definition) is 0. The zero-order valence-corrected chi connectivity index (χ0v) is 26.9. The summed E-state index contributed by atoms with van der Waals surface area (Å²) < 4.78 is 8.84. The van der Waals surface area contributed by atoms with E-state index in [1.165, 1.54) is 54.5 Å². The first-order chi connectivity index (χ1) is 20.2. The van der Waals surface area contributed by atoms with E-state index in [1.54, 1.807) is 0 Å². The van der Waals surface area contributed by atoms with Gasteiger partial charge in [-0.05, 0) is 65.6 Å². The van der Waals surface area contributed by atoms with Gasteiger partial charge < -0.3 is 4.42 Å².